The average Bonchev–Trinajstić information content (AvgIpc) is 2.67. The molecule has 2 atom stereocenters. The van der Waals surface area contributed by atoms with Crippen LogP contribution in [0.25, 0.3) is 0 Å². The van der Waals surface area contributed by atoms with Crippen molar-refractivity contribution in [1.82, 2.24) is 4.31 Å². The first kappa shape index (κ1) is 21.5. The molecular formula is C22H28N2O4S. The van der Waals surface area contributed by atoms with Crippen LogP contribution in [-0.4, -0.2) is 43.9 Å². The molecule has 1 N–H and O–H groups in total. The lowest BCUT2D eigenvalue weighted by Gasteiger charge is -2.34. The van der Waals surface area contributed by atoms with Crippen LogP contribution in [0, 0.1) is 0 Å². The van der Waals surface area contributed by atoms with Gasteiger partial charge >= 0.3 is 0 Å². The Bertz CT molecular complexity index is 961. The lowest BCUT2D eigenvalue weighted by atomic mass is 10.0. The third-order valence-corrected chi connectivity index (χ3v) is 6.80. The zero-order valence-corrected chi connectivity index (χ0v) is 18.1. The van der Waals surface area contributed by atoms with Crippen molar-refractivity contribution in [3.8, 4) is 0 Å². The van der Waals surface area contributed by atoms with Gasteiger partial charge in [0.15, 0.2) is 0 Å². The number of hydrogen-bond acceptors (Lipinski definition) is 4. The monoisotopic (exact) mass is 416 g/mol. The van der Waals surface area contributed by atoms with Crippen molar-refractivity contribution in [2.24, 2.45) is 0 Å². The Morgan fingerprint density at radius 1 is 1.07 bits per heavy atom. The molecule has 1 heterocycles. The van der Waals surface area contributed by atoms with Crippen molar-refractivity contribution in [2.45, 2.75) is 50.7 Å². The Labute approximate surface area is 172 Å². The summed E-state index contributed by atoms with van der Waals surface area (Å²) in [5.41, 5.74) is 2.26. The van der Waals surface area contributed by atoms with Crippen LogP contribution in [0.2, 0.25) is 0 Å². The standard InChI is InChI=1S/C22H28N2O4S/c1-15(2)19-6-5-7-20(12-19)23-22(25)18-8-10-21(11-9-18)29(26,27)24-13-16(3)28-17(4)14-24/h5-12,15-17H,13-14H2,1-4H3,(H,23,25)/t16-,17-/m1/s1. The molecule has 1 aliphatic heterocycles. The molecule has 0 bridgehead atoms. The van der Waals surface area contributed by atoms with E-state index in [2.05, 4.69) is 19.2 Å². The van der Waals surface area contributed by atoms with Gasteiger partial charge in [-0.25, -0.2) is 8.42 Å². The van der Waals surface area contributed by atoms with Gasteiger partial charge in [-0.2, -0.15) is 4.31 Å². The molecule has 1 amide bonds. The Hall–Kier alpha value is -2.22. The highest BCUT2D eigenvalue weighted by Crippen LogP contribution is 2.22. The largest absolute Gasteiger partial charge is 0.373 e. The zero-order chi connectivity index (χ0) is 21.2. The van der Waals surface area contributed by atoms with E-state index in [1.807, 2.05) is 38.1 Å². The second-order valence-electron chi connectivity index (χ2n) is 7.84. The molecule has 1 aliphatic rings. The smallest absolute Gasteiger partial charge is 0.255 e. The van der Waals surface area contributed by atoms with E-state index < -0.39 is 10.0 Å². The first-order valence-corrected chi connectivity index (χ1v) is 11.3. The molecule has 1 saturated heterocycles. The van der Waals surface area contributed by atoms with E-state index in [0.29, 0.717) is 30.3 Å². The van der Waals surface area contributed by atoms with Gasteiger partial charge in [-0.15, -0.1) is 0 Å². The minimum absolute atomic E-state index is 0.153. The maximum Gasteiger partial charge on any atom is 0.255 e. The maximum atomic E-state index is 12.9. The fraction of sp³-hybridized carbons (Fsp3) is 0.409. The summed E-state index contributed by atoms with van der Waals surface area (Å²) in [7, 11) is -3.62. The van der Waals surface area contributed by atoms with Crippen LogP contribution in [0.3, 0.4) is 0 Å². The normalized spacial score (nSPS) is 20.6. The van der Waals surface area contributed by atoms with Crippen molar-refractivity contribution in [2.75, 3.05) is 18.4 Å². The highest BCUT2D eigenvalue weighted by Gasteiger charge is 2.32. The van der Waals surface area contributed by atoms with Crippen molar-refractivity contribution in [3.05, 3.63) is 59.7 Å². The number of hydrogen-bond donors (Lipinski definition) is 1. The molecule has 0 aliphatic carbocycles. The van der Waals surface area contributed by atoms with Crippen LogP contribution >= 0.6 is 0 Å². The lowest BCUT2D eigenvalue weighted by molar-refractivity contribution is -0.0440. The fourth-order valence-electron chi connectivity index (χ4n) is 3.43. The van der Waals surface area contributed by atoms with Crippen molar-refractivity contribution < 1.29 is 17.9 Å². The van der Waals surface area contributed by atoms with E-state index in [0.717, 1.165) is 5.56 Å². The second-order valence-corrected chi connectivity index (χ2v) is 9.78. The summed E-state index contributed by atoms with van der Waals surface area (Å²) in [6.07, 6.45) is -0.305. The van der Waals surface area contributed by atoms with Gasteiger partial charge in [0.1, 0.15) is 0 Å². The lowest BCUT2D eigenvalue weighted by Crippen LogP contribution is -2.48. The van der Waals surface area contributed by atoms with Gasteiger partial charge in [-0.3, -0.25) is 4.79 Å². The van der Waals surface area contributed by atoms with Crippen LogP contribution in [0.15, 0.2) is 53.4 Å². The third-order valence-electron chi connectivity index (χ3n) is 4.95. The number of rotatable bonds is 5. The number of anilines is 1. The highest BCUT2D eigenvalue weighted by atomic mass is 32.2. The van der Waals surface area contributed by atoms with E-state index in [4.69, 9.17) is 4.74 Å². The first-order valence-electron chi connectivity index (χ1n) is 9.84. The predicted octanol–water partition coefficient (Wildman–Crippen LogP) is 3.86. The van der Waals surface area contributed by atoms with Gasteiger partial charge in [-0.1, -0.05) is 26.0 Å². The van der Waals surface area contributed by atoms with Gasteiger partial charge in [0.2, 0.25) is 10.0 Å². The van der Waals surface area contributed by atoms with E-state index in [-0.39, 0.29) is 23.0 Å². The van der Waals surface area contributed by atoms with E-state index in [1.54, 1.807) is 12.1 Å². The van der Waals surface area contributed by atoms with Gasteiger partial charge < -0.3 is 10.1 Å². The number of nitrogens with zero attached hydrogens (tertiary/aromatic N) is 1. The number of carbonyl (C=O) groups excluding carboxylic acids is 1. The van der Waals surface area contributed by atoms with Gasteiger partial charge in [0, 0.05) is 24.3 Å². The molecule has 3 rings (SSSR count). The number of amides is 1. The molecule has 156 valence electrons. The molecular weight excluding hydrogens is 388 g/mol. The molecule has 29 heavy (non-hydrogen) atoms. The average molecular weight is 417 g/mol. The second kappa shape index (κ2) is 8.65. The Kier molecular flexibility index (Phi) is 6.41. The molecule has 0 aromatic heterocycles. The number of benzene rings is 2. The molecule has 2 aromatic carbocycles. The molecule has 6 nitrogen and oxygen atoms in total. The third kappa shape index (κ3) is 5.04. The highest BCUT2D eigenvalue weighted by molar-refractivity contribution is 7.89. The minimum atomic E-state index is -3.62. The molecule has 0 radical (unpaired) electrons. The fourth-order valence-corrected chi connectivity index (χ4v) is 5.02. The Balaban J connectivity index is 1.74. The van der Waals surface area contributed by atoms with Crippen LogP contribution < -0.4 is 5.32 Å². The number of morpholine rings is 1. The molecule has 1 fully saturated rings. The minimum Gasteiger partial charge on any atom is -0.373 e. The first-order chi connectivity index (χ1) is 13.7. The van der Waals surface area contributed by atoms with Crippen LogP contribution in [0.4, 0.5) is 5.69 Å². The summed E-state index contributed by atoms with van der Waals surface area (Å²) >= 11 is 0. The van der Waals surface area contributed by atoms with Crippen LogP contribution in [0.1, 0.15) is 49.5 Å². The van der Waals surface area contributed by atoms with Gasteiger partial charge in [0.05, 0.1) is 17.1 Å². The van der Waals surface area contributed by atoms with Crippen molar-refractivity contribution >= 4 is 21.6 Å². The number of carbonyl (C=O) groups is 1. The van der Waals surface area contributed by atoms with Gasteiger partial charge in [0.25, 0.3) is 5.91 Å². The molecule has 0 unspecified atom stereocenters. The number of ether oxygens (including phenoxy) is 1. The molecule has 2 aromatic rings. The maximum absolute atomic E-state index is 12.9. The van der Waals surface area contributed by atoms with Gasteiger partial charge in [-0.05, 0) is 61.7 Å². The zero-order valence-electron chi connectivity index (χ0n) is 17.3. The quantitative estimate of drug-likeness (QED) is 0.803. The van der Waals surface area contributed by atoms with E-state index in [1.165, 1.54) is 16.4 Å². The predicted molar refractivity (Wildman–Crippen MR) is 114 cm³/mol. The van der Waals surface area contributed by atoms with Crippen LogP contribution in [0.5, 0.6) is 0 Å². The summed E-state index contributed by atoms with van der Waals surface area (Å²) in [5, 5.41) is 2.87. The molecule has 7 heteroatoms. The summed E-state index contributed by atoms with van der Waals surface area (Å²) in [5.74, 6) is 0.0884. The summed E-state index contributed by atoms with van der Waals surface area (Å²) in [4.78, 5) is 12.7. The number of sulfonamides is 1. The van der Waals surface area contributed by atoms with Crippen molar-refractivity contribution in [3.63, 3.8) is 0 Å². The SMILES string of the molecule is CC(C)c1cccc(NC(=O)c2ccc(S(=O)(=O)N3C[C@@H](C)O[C@H](C)C3)cc2)c1. The molecule has 0 spiro atoms. The molecule has 0 saturated carbocycles. The summed E-state index contributed by atoms with van der Waals surface area (Å²) in [6, 6.07) is 13.8. The number of nitrogens with one attached hydrogen (secondary N) is 1. The van der Waals surface area contributed by atoms with Crippen LogP contribution in [-0.2, 0) is 14.8 Å². The summed E-state index contributed by atoms with van der Waals surface area (Å²) in [6.45, 7) is 8.55. The Morgan fingerprint density at radius 3 is 2.28 bits per heavy atom. The van der Waals surface area contributed by atoms with Crippen molar-refractivity contribution in [1.29, 1.82) is 0 Å². The van der Waals surface area contributed by atoms with E-state index >= 15 is 0 Å². The summed E-state index contributed by atoms with van der Waals surface area (Å²) < 4.78 is 32.9. The Morgan fingerprint density at radius 2 is 1.69 bits per heavy atom. The van der Waals surface area contributed by atoms with E-state index in [9.17, 15) is 13.2 Å². The topological polar surface area (TPSA) is 75.7 Å².